The molecule has 0 atom stereocenters. The van der Waals surface area contributed by atoms with Gasteiger partial charge in [0.05, 0.1) is 12.2 Å². The van der Waals surface area contributed by atoms with Gasteiger partial charge >= 0.3 is 0 Å². The maximum atomic E-state index is 12.2. The number of H-pyrrole nitrogens is 1. The monoisotopic (exact) mass is 272 g/mol. The van der Waals surface area contributed by atoms with Crippen LogP contribution in [-0.2, 0) is 6.54 Å². The Bertz CT molecular complexity index is 655. The van der Waals surface area contributed by atoms with Crippen LogP contribution in [0.2, 0.25) is 0 Å². The molecule has 0 aliphatic carbocycles. The van der Waals surface area contributed by atoms with E-state index in [9.17, 15) is 4.79 Å². The molecule has 0 aliphatic rings. The van der Waals surface area contributed by atoms with Crippen LogP contribution in [0.25, 0.3) is 5.69 Å². The van der Waals surface area contributed by atoms with Crippen LogP contribution < -0.4 is 5.32 Å². The Labute approximate surface area is 113 Å². The molecule has 19 heavy (non-hydrogen) atoms. The Morgan fingerprint density at radius 2 is 2.26 bits per heavy atom. The van der Waals surface area contributed by atoms with Crippen LogP contribution in [0, 0.1) is 0 Å². The van der Waals surface area contributed by atoms with Crippen molar-refractivity contribution in [3.8, 4) is 5.69 Å². The third kappa shape index (κ3) is 2.43. The average Bonchev–Trinajstić information content (AvgIpc) is 3.14. The Kier molecular flexibility index (Phi) is 3.16. The number of aromatic amines is 1. The molecule has 2 N–H and O–H groups in total. The molecule has 0 unspecified atom stereocenters. The summed E-state index contributed by atoms with van der Waals surface area (Å²) in [6, 6.07) is 5.80. The number of rotatable bonds is 4. The highest BCUT2D eigenvalue weighted by Crippen LogP contribution is 2.21. The van der Waals surface area contributed by atoms with Crippen molar-refractivity contribution in [2.45, 2.75) is 6.54 Å². The van der Waals surface area contributed by atoms with Gasteiger partial charge in [0.15, 0.2) is 0 Å². The first-order valence-corrected chi connectivity index (χ1v) is 6.70. The molecule has 3 aromatic heterocycles. The fraction of sp³-hybridized carbons (Fsp3) is 0.0769. The molecular weight excluding hydrogens is 260 g/mol. The van der Waals surface area contributed by atoms with Crippen molar-refractivity contribution in [3.05, 3.63) is 59.1 Å². The lowest BCUT2D eigenvalue weighted by molar-refractivity contribution is 0.0954. The van der Waals surface area contributed by atoms with Crippen molar-refractivity contribution >= 4 is 17.2 Å². The quantitative estimate of drug-likeness (QED) is 0.764. The van der Waals surface area contributed by atoms with Crippen LogP contribution in [0.1, 0.15) is 15.5 Å². The van der Waals surface area contributed by atoms with Gasteiger partial charge in [0.1, 0.15) is 10.7 Å². The van der Waals surface area contributed by atoms with Gasteiger partial charge in [-0.25, -0.2) is 4.98 Å². The van der Waals surface area contributed by atoms with Gasteiger partial charge in [-0.05, 0) is 23.6 Å². The normalized spacial score (nSPS) is 10.5. The second-order valence-corrected chi connectivity index (χ2v) is 4.86. The molecule has 0 radical (unpaired) electrons. The summed E-state index contributed by atoms with van der Waals surface area (Å²) in [4.78, 5) is 19.9. The minimum atomic E-state index is -0.0879. The number of imidazole rings is 1. The van der Waals surface area contributed by atoms with E-state index in [1.165, 1.54) is 11.3 Å². The maximum absolute atomic E-state index is 12.2. The number of hydrogen-bond donors (Lipinski definition) is 2. The predicted molar refractivity (Wildman–Crippen MR) is 73.4 cm³/mol. The first-order chi connectivity index (χ1) is 9.34. The van der Waals surface area contributed by atoms with E-state index in [2.05, 4.69) is 15.3 Å². The van der Waals surface area contributed by atoms with E-state index in [0.717, 1.165) is 11.5 Å². The Hall–Kier alpha value is -2.34. The van der Waals surface area contributed by atoms with Gasteiger partial charge in [-0.2, -0.15) is 0 Å². The van der Waals surface area contributed by atoms with Crippen LogP contribution in [0.3, 0.4) is 0 Å². The van der Waals surface area contributed by atoms with E-state index in [1.54, 1.807) is 12.4 Å². The summed E-state index contributed by atoms with van der Waals surface area (Å²) in [6.07, 6.45) is 7.24. The standard InChI is InChI=1S/C13H12N4OS/c18-13(16-9-11-14-4-5-15-11)12-10(3-8-19-12)17-6-1-2-7-17/h1-8H,9H2,(H,14,15)(H,16,18). The molecule has 0 aromatic carbocycles. The Balaban J connectivity index is 1.75. The van der Waals surface area contributed by atoms with Crippen LogP contribution in [0.5, 0.6) is 0 Å². The fourth-order valence-electron chi connectivity index (χ4n) is 1.81. The first kappa shape index (κ1) is 11.7. The summed E-state index contributed by atoms with van der Waals surface area (Å²) in [6.45, 7) is 0.398. The van der Waals surface area contributed by atoms with Crippen molar-refractivity contribution in [1.82, 2.24) is 19.9 Å². The van der Waals surface area contributed by atoms with Gasteiger partial charge < -0.3 is 14.9 Å². The zero-order valence-electron chi connectivity index (χ0n) is 10.0. The summed E-state index contributed by atoms with van der Waals surface area (Å²) >= 11 is 1.43. The number of nitrogens with one attached hydrogen (secondary N) is 2. The number of aromatic nitrogens is 3. The lowest BCUT2D eigenvalue weighted by atomic mass is 10.3. The van der Waals surface area contributed by atoms with E-state index in [4.69, 9.17) is 0 Å². The van der Waals surface area contributed by atoms with Gasteiger partial charge in [0.2, 0.25) is 0 Å². The Morgan fingerprint density at radius 3 is 3.00 bits per heavy atom. The molecule has 5 nitrogen and oxygen atoms in total. The number of amides is 1. The van der Waals surface area contributed by atoms with E-state index in [1.807, 2.05) is 40.5 Å². The highest BCUT2D eigenvalue weighted by atomic mass is 32.1. The molecule has 0 saturated heterocycles. The zero-order chi connectivity index (χ0) is 13.1. The number of nitrogens with zero attached hydrogens (tertiary/aromatic N) is 2. The second kappa shape index (κ2) is 5.11. The molecule has 96 valence electrons. The smallest absolute Gasteiger partial charge is 0.263 e. The summed E-state index contributed by atoms with van der Waals surface area (Å²) in [5.74, 6) is 0.655. The van der Waals surface area contributed by atoms with E-state index in [-0.39, 0.29) is 5.91 Å². The fourth-order valence-corrected chi connectivity index (χ4v) is 2.62. The summed E-state index contributed by atoms with van der Waals surface area (Å²) in [5, 5.41) is 4.77. The van der Waals surface area contributed by atoms with E-state index < -0.39 is 0 Å². The van der Waals surface area contributed by atoms with Gasteiger partial charge in [0.25, 0.3) is 5.91 Å². The zero-order valence-corrected chi connectivity index (χ0v) is 10.9. The van der Waals surface area contributed by atoms with Gasteiger partial charge in [0, 0.05) is 24.8 Å². The molecular formula is C13H12N4OS. The van der Waals surface area contributed by atoms with Gasteiger partial charge in [-0.1, -0.05) is 0 Å². The molecule has 3 heterocycles. The minimum absolute atomic E-state index is 0.0879. The third-order valence-corrected chi connectivity index (χ3v) is 3.61. The molecule has 1 amide bonds. The molecule has 3 aromatic rings. The highest BCUT2D eigenvalue weighted by Gasteiger charge is 2.14. The predicted octanol–water partition coefficient (Wildman–Crippen LogP) is 2.19. The lowest BCUT2D eigenvalue weighted by Crippen LogP contribution is -2.23. The van der Waals surface area contributed by atoms with Crippen LogP contribution in [0.4, 0.5) is 0 Å². The lowest BCUT2D eigenvalue weighted by Gasteiger charge is -2.05. The molecule has 0 spiro atoms. The summed E-state index contributed by atoms with van der Waals surface area (Å²) in [7, 11) is 0. The minimum Gasteiger partial charge on any atom is -0.347 e. The highest BCUT2D eigenvalue weighted by molar-refractivity contribution is 7.12. The maximum Gasteiger partial charge on any atom is 0.263 e. The van der Waals surface area contributed by atoms with Crippen LogP contribution in [-0.4, -0.2) is 20.4 Å². The van der Waals surface area contributed by atoms with Crippen molar-refractivity contribution in [3.63, 3.8) is 0 Å². The van der Waals surface area contributed by atoms with E-state index in [0.29, 0.717) is 11.4 Å². The molecule has 0 aliphatic heterocycles. The third-order valence-electron chi connectivity index (χ3n) is 2.70. The molecule has 0 saturated carbocycles. The number of hydrogen-bond acceptors (Lipinski definition) is 3. The SMILES string of the molecule is O=C(NCc1ncc[nH]1)c1sccc1-n1cccc1. The largest absolute Gasteiger partial charge is 0.347 e. The topological polar surface area (TPSA) is 62.7 Å². The second-order valence-electron chi connectivity index (χ2n) is 3.94. The first-order valence-electron chi connectivity index (χ1n) is 5.82. The van der Waals surface area contributed by atoms with Crippen molar-refractivity contribution in [2.75, 3.05) is 0 Å². The van der Waals surface area contributed by atoms with Crippen molar-refractivity contribution < 1.29 is 4.79 Å². The van der Waals surface area contributed by atoms with Gasteiger partial charge in [-0.3, -0.25) is 4.79 Å². The van der Waals surface area contributed by atoms with Gasteiger partial charge in [-0.15, -0.1) is 11.3 Å². The number of carbonyl (C=O) groups is 1. The van der Waals surface area contributed by atoms with Crippen molar-refractivity contribution in [2.24, 2.45) is 0 Å². The number of carbonyl (C=O) groups excluding carboxylic acids is 1. The Morgan fingerprint density at radius 1 is 1.42 bits per heavy atom. The molecule has 0 fully saturated rings. The summed E-state index contributed by atoms with van der Waals surface area (Å²) in [5.41, 5.74) is 0.895. The average molecular weight is 272 g/mol. The van der Waals surface area contributed by atoms with E-state index >= 15 is 0 Å². The summed E-state index contributed by atoms with van der Waals surface area (Å²) < 4.78 is 1.93. The molecule has 0 bridgehead atoms. The van der Waals surface area contributed by atoms with Crippen LogP contribution >= 0.6 is 11.3 Å². The molecule has 3 rings (SSSR count). The number of thiophene rings is 1. The van der Waals surface area contributed by atoms with Crippen molar-refractivity contribution in [1.29, 1.82) is 0 Å². The molecule has 6 heteroatoms. The van der Waals surface area contributed by atoms with Crippen LogP contribution in [0.15, 0.2) is 48.4 Å².